The van der Waals surface area contributed by atoms with E-state index in [1.807, 2.05) is 0 Å². The first-order valence-corrected chi connectivity index (χ1v) is 5.59. The molecular formula is C10H18ClN. The molecule has 70 valence electrons. The number of hydrogen-bond donors (Lipinski definition) is 0. The van der Waals surface area contributed by atoms with Crippen LogP contribution in [0.4, 0.5) is 0 Å². The second kappa shape index (κ2) is 3.55. The Labute approximate surface area is 80.1 Å². The van der Waals surface area contributed by atoms with Crippen molar-refractivity contribution in [2.24, 2.45) is 11.8 Å². The van der Waals surface area contributed by atoms with Crippen LogP contribution in [0, 0.1) is 11.8 Å². The molecular weight excluding hydrogens is 170 g/mol. The molecule has 0 amide bonds. The molecule has 1 heterocycles. The van der Waals surface area contributed by atoms with Gasteiger partial charge in [0.15, 0.2) is 0 Å². The molecule has 2 rings (SSSR count). The minimum atomic E-state index is 0.475. The van der Waals surface area contributed by atoms with Crippen LogP contribution in [0.25, 0.3) is 0 Å². The van der Waals surface area contributed by atoms with Gasteiger partial charge in [0.05, 0.1) is 0 Å². The van der Waals surface area contributed by atoms with Crippen molar-refractivity contribution in [1.82, 2.24) is 4.90 Å². The number of fused-ring (bicyclic) bond motifs is 1. The fourth-order valence-electron chi connectivity index (χ4n) is 2.73. The zero-order chi connectivity index (χ0) is 8.55. The van der Waals surface area contributed by atoms with Crippen molar-refractivity contribution in [2.75, 3.05) is 19.6 Å². The Morgan fingerprint density at radius 2 is 2.00 bits per heavy atom. The molecule has 1 saturated carbocycles. The van der Waals surface area contributed by atoms with Crippen LogP contribution >= 0.6 is 11.6 Å². The highest BCUT2D eigenvalue weighted by Crippen LogP contribution is 2.37. The van der Waals surface area contributed by atoms with Crippen molar-refractivity contribution < 1.29 is 0 Å². The molecule has 0 spiro atoms. The molecule has 0 radical (unpaired) electrons. The maximum atomic E-state index is 6.16. The summed E-state index contributed by atoms with van der Waals surface area (Å²) in [6.45, 7) is 6.13. The maximum Gasteiger partial charge on any atom is 0.0339 e. The Kier molecular flexibility index (Phi) is 2.61. The van der Waals surface area contributed by atoms with Crippen molar-refractivity contribution in [3.8, 4) is 0 Å². The van der Waals surface area contributed by atoms with Gasteiger partial charge in [-0.3, -0.25) is 0 Å². The van der Waals surface area contributed by atoms with Crippen LogP contribution in [-0.2, 0) is 0 Å². The average Bonchev–Trinajstić information content (AvgIpc) is 2.46. The summed E-state index contributed by atoms with van der Waals surface area (Å²) >= 11 is 6.16. The predicted octanol–water partition coefficient (Wildman–Crippen LogP) is 2.35. The van der Waals surface area contributed by atoms with Crippen molar-refractivity contribution in [2.45, 2.75) is 31.6 Å². The van der Waals surface area contributed by atoms with Gasteiger partial charge >= 0.3 is 0 Å². The van der Waals surface area contributed by atoms with Gasteiger partial charge in [-0.1, -0.05) is 6.92 Å². The van der Waals surface area contributed by atoms with Crippen LogP contribution in [0.2, 0.25) is 0 Å². The molecule has 2 fully saturated rings. The monoisotopic (exact) mass is 187 g/mol. The lowest BCUT2D eigenvalue weighted by atomic mass is 9.82. The quantitative estimate of drug-likeness (QED) is 0.570. The smallest absolute Gasteiger partial charge is 0.0339 e. The molecule has 3 unspecified atom stereocenters. The number of nitrogens with zero attached hydrogens (tertiary/aromatic N) is 1. The third-order valence-electron chi connectivity index (χ3n) is 3.51. The first-order chi connectivity index (χ1) is 5.79. The number of halogens is 1. The van der Waals surface area contributed by atoms with E-state index in [0.717, 1.165) is 11.8 Å². The van der Waals surface area contributed by atoms with Crippen LogP contribution in [0.15, 0.2) is 0 Å². The maximum absolute atomic E-state index is 6.16. The molecule has 1 nitrogen and oxygen atoms in total. The van der Waals surface area contributed by atoms with E-state index >= 15 is 0 Å². The summed E-state index contributed by atoms with van der Waals surface area (Å²) in [5.41, 5.74) is 0. The highest BCUT2D eigenvalue weighted by atomic mass is 35.5. The lowest BCUT2D eigenvalue weighted by Crippen LogP contribution is -2.23. The molecule has 12 heavy (non-hydrogen) atoms. The third kappa shape index (κ3) is 1.62. The lowest BCUT2D eigenvalue weighted by Gasteiger charge is -2.27. The molecule has 0 bridgehead atoms. The van der Waals surface area contributed by atoms with E-state index in [1.54, 1.807) is 0 Å². The summed E-state index contributed by atoms with van der Waals surface area (Å²) in [5, 5.41) is 0.475. The SMILES string of the molecule is CCN1CC2CCC(Cl)CC2C1. The minimum Gasteiger partial charge on any atom is -0.303 e. The van der Waals surface area contributed by atoms with Gasteiger partial charge in [-0.2, -0.15) is 0 Å². The summed E-state index contributed by atoms with van der Waals surface area (Å²) in [7, 11) is 0. The van der Waals surface area contributed by atoms with Gasteiger partial charge < -0.3 is 4.90 Å². The summed E-state index contributed by atoms with van der Waals surface area (Å²) in [6, 6.07) is 0. The van der Waals surface area contributed by atoms with Gasteiger partial charge in [0.2, 0.25) is 0 Å². The van der Waals surface area contributed by atoms with Crippen molar-refractivity contribution in [3.63, 3.8) is 0 Å². The van der Waals surface area contributed by atoms with Gasteiger partial charge in [0.25, 0.3) is 0 Å². The van der Waals surface area contributed by atoms with Gasteiger partial charge in [0.1, 0.15) is 0 Å². The molecule has 2 aliphatic rings. The normalized spacial score (nSPS) is 43.0. The van der Waals surface area contributed by atoms with Gasteiger partial charge in [-0.25, -0.2) is 0 Å². The summed E-state index contributed by atoms with van der Waals surface area (Å²) < 4.78 is 0. The predicted molar refractivity (Wildman–Crippen MR) is 52.6 cm³/mol. The first kappa shape index (κ1) is 8.83. The average molecular weight is 188 g/mol. The molecule has 0 aromatic rings. The van der Waals surface area contributed by atoms with Crippen molar-refractivity contribution in [3.05, 3.63) is 0 Å². The van der Waals surface area contributed by atoms with Crippen LogP contribution in [0.5, 0.6) is 0 Å². The highest BCUT2D eigenvalue weighted by molar-refractivity contribution is 6.20. The van der Waals surface area contributed by atoms with Crippen LogP contribution in [0.1, 0.15) is 26.2 Å². The second-order valence-corrected chi connectivity index (χ2v) is 4.90. The number of likely N-dealkylation sites (tertiary alicyclic amines) is 1. The summed E-state index contributed by atoms with van der Waals surface area (Å²) in [6.07, 6.45) is 3.89. The Hall–Kier alpha value is 0.250. The standard InChI is InChI=1S/C10H18ClN/c1-2-12-6-8-3-4-10(11)5-9(8)7-12/h8-10H,2-7H2,1H3. The first-order valence-electron chi connectivity index (χ1n) is 5.16. The fourth-order valence-corrected chi connectivity index (χ4v) is 3.08. The topological polar surface area (TPSA) is 3.24 Å². The largest absolute Gasteiger partial charge is 0.303 e. The Morgan fingerprint density at radius 1 is 1.25 bits per heavy atom. The number of hydrogen-bond acceptors (Lipinski definition) is 1. The van der Waals surface area contributed by atoms with E-state index in [4.69, 9.17) is 11.6 Å². The molecule has 1 aliphatic carbocycles. The molecule has 1 aliphatic heterocycles. The second-order valence-electron chi connectivity index (χ2n) is 4.28. The van der Waals surface area contributed by atoms with Crippen LogP contribution in [0.3, 0.4) is 0 Å². The van der Waals surface area contributed by atoms with E-state index in [0.29, 0.717) is 5.38 Å². The van der Waals surface area contributed by atoms with E-state index in [-0.39, 0.29) is 0 Å². The van der Waals surface area contributed by atoms with E-state index in [2.05, 4.69) is 11.8 Å². The molecule has 0 aromatic carbocycles. The number of alkyl halides is 1. The van der Waals surface area contributed by atoms with E-state index in [9.17, 15) is 0 Å². The molecule has 0 aromatic heterocycles. The summed E-state index contributed by atoms with van der Waals surface area (Å²) in [4.78, 5) is 2.57. The molecule has 1 saturated heterocycles. The van der Waals surface area contributed by atoms with E-state index in [1.165, 1.54) is 38.9 Å². The van der Waals surface area contributed by atoms with Gasteiger partial charge in [0, 0.05) is 18.5 Å². The highest BCUT2D eigenvalue weighted by Gasteiger charge is 2.36. The number of rotatable bonds is 1. The minimum absolute atomic E-state index is 0.475. The van der Waals surface area contributed by atoms with Gasteiger partial charge in [-0.15, -0.1) is 11.6 Å². The third-order valence-corrected chi connectivity index (χ3v) is 3.90. The van der Waals surface area contributed by atoms with Crippen LogP contribution < -0.4 is 0 Å². The zero-order valence-electron chi connectivity index (χ0n) is 7.80. The molecule has 0 N–H and O–H groups in total. The zero-order valence-corrected chi connectivity index (χ0v) is 8.56. The van der Waals surface area contributed by atoms with Crippen molar-refractivity contribution >= 4 is 11.6 Å². The molecule has 3 atom stereocenters. The Bertz CT molecular complexity index is 160. The Balaban J connectivity index is 1.93. The Morgan fingerprint density at radius 3 is 2.75 bits per heavy atom. The van der Waals surface area contributed by atoms with Crippen molar-refractivity contribution in [1.29, 1.82) is 0 Å². The molecule has 2 heteroatoms. The fraction of sp³-hybridized carbons (Fsp3) is 1.00. The van der Waals surface area contributed by atoms with E-state index < -0.39 is 0 Å². The van der Waals surface area contributed by atoms with Crippen LogP contribution in [-0.4, -0.2) is 29.9 Å². The van der Waals surface area contributed by atoms with Gasteiger partial charge in [-0.05, 0) is 37.6 Å². The lowest BCUT2D eigenvalue weighted by molar-refractivity contribution is 0.304. The summed E-state index contributed by atoms with van der Waals surface area (Å²) in [5.74, 6) is 1.89.